The van der Waals surface area contributed by atoms with Crippen LogP contribution in [0.15, 0.2) is 28.7 Å². The van der Waals surface area contributed by atoms with Gasteiger partial charge in [-0.1, -0.05) is 34.1 Å². The molecule has 0 radical (unpaired) electrons. The van der Waals surface area contributed by atoms with Crippen LogP contribution in [0.1, 0.15) is 12.5 Å². The fraction of sp³-hybridized carbons (Fsp3) is 0.462. The lowest BCUT2D eigenvalue weighted by Gasteiger charge is -2.22. The van der Waals surface area contributed by atoms with E-state index in [2.05, 4.69) is 21.2 Å². The van der Waals surface area contributed by atoms with E-state index >= 15 is 0 Å². The smallest absolute Gasteiger partial charge is 0.224 e. The normalized spacial score (nSPS) is 14.0. The van der Waals surface area contributed by atoms with Crippen molar-refractivity contribution in [1.29, 1.82) is 0 Å². The molecule has 0 bridgehead atoms. The Balaban J connectivity index is 2.46. The van der Waals surface area contributed by atoms with Gasteiger partial charge in [0.1, 0.15) is 0 Å². The van der Waals surface area contributed by atoms with Crippen molar-refractivity contribution in [2.24, 2.45) is 0 Å². The quantitative estimate of drug-likeness (QED) is 0.840. The zero-order valence-corrected chi connectivity index (χ0v) is 13.0. The summed E-state index contributed by atoms with van der Waals surface area (Å²) in [6.07, 6.45) is 2.24. The van der Waals surface area contributed by atoms with Gasteiger partial charge < -0.3 is 10.4 Å². The lowest BCUT2D eigenvalue weighted by atomic mass is 10.1. The summed E-state index contributed by atoms with van der Waals surface area (Å²) in [5, 5.41) is 12.7. The Morgan fingerprint density at radius 1 is 1.50 bits per heavy atom. The zero-order chi connectivity index (χ0) is 13.6. The van der Waals surface area contributed by atoms with Crippen molar-refractivity contribution in [3.63, 3.8) is 0 Å². The number of hydrogen-bond acceptors (Lipinski definition) is 3. The molecule has 1 rings (SSSR count). The molecule has 0 saturated carbocycles. The summed E-state index contributed by atoms with van der Waals surface area (Å²) in [4.78, 5) is 11.8. The molecule has 0 aromatic heterocycles. The van der Waals surface area contributed by atoms with Gasteiger partial charge in [-0.25, -0.2) is 0 Å². The molecule has 0 spiro atoms. The number of carbonyl (C=O) groups excluding carboxylic acids is 1. The number of halogens is 1. The van der Waals surface area contributed by atoms with Crippen LogP contribution in [0, 0.1) is 0 Å². The van der Waals surface area contributed by atoms with E-state index in [1.807, 2.05) is 30.5 Å². The molecule has 1 unspecified atom stereocenters. The van der Waals surface area contributed by atoms with E-state index in [4.69, 9.17) is 0 Å². The lowest BCUT2D eigenvalue weighted by Crippen LogP contribution is -2.42. The highest BCUT2D eigenvalue weighted by Crippen LogP contribution is 2.16. The van der Waals surface area contributed by atoms with Gasteiger partial charge in [-0.05, 0) is 24.8 Å². The topological polar surface area (TPSA) is 49.3 Å². The summed E-state index contributed by atoms with van der Waals surface area (Å²) in [6.45, 7) is 2.00. The molecular weight excluding hydrogens is 314 g/mol. The molecule has 100 valence electrons. The van der Waals surface area contributed by atoms with Crippen molar-refractivity contribution in [3.8, 4) is 0 Å². The standard InChI is InChI=1S/C13H18BrNO2S/c1-13(17,9-18-2)8-15-12(16)7-10-5-3-4-6-11(10)14/h3-6,17H,7-9H2,1-2H3,(H,15,16). The second-order valence-electron chi connectivity index (χ2n) is 4.47. The van der Waals surface area contributed by atoms with Crippen molar-refractivity contribution >= 4 is 33.6 Å². The predicted octanol–water partition coefficient (Wildman–Crippen LogP) is 2.22. The third kappa shape index (κ3) is 5.42. The highest BCUT2D eigenvalue weighted by molar-refractivity contribution is 9.10. The molecule has 5 heteroatoms. The van der Waals surface area contributed by atoms with Crippen molar-refractivity contribution in [1.82, 2.24) is 5.32 Å². The van der Waals surface area contributed by atoms with Crippen LogP contribution in [-0.2, 0) is 11.2 Å². The summed E-state index contributed by atoms with van der Waals surface area (Å²) in [5.41, 5.74) is 0.0859. The maximum atomic E-state index is 11.8. The molecule has 0 heterocycles. The van der Waals surface area contributed by atoms with Crippen LogP contribution in [0.4, 0.5) is 0 Å². The maximum Gasteiger partial charge on any atom is 0.224 e. The molecule has 3 nitrogen and oxygen atoms in total. The SMILES string of the molecule is CSCC(C)(O)CNC(=O)Cc1ccccc1Br. The van der Waals surface area contributed by atoms with Crippen LogP contribution in [0.25, 0.3) is 0 Å². The molecule has 1 aromatic rings. The second kappa shape index (κ2) is 7.16. The van der Waals surface area contributed by atoms with Crippen LogP contribution < -0.4 is 5.32 Å². The Morgan fingerprint density at radius 2 is 2.17 bits per heavy atom. The van der Waals surface area contributed by atoms with Gasteiger partial charge in [-0.3, -0.25) is 4.79 Å². The van der Waals surface area contributed by atoms with Gasteiger partial charge >= 0.3 is 0 Å². The first-order chi connectivity index (χ1) is 8.44. The molecule has 0 aliphatic heterocycles. The van der Waals surface area contributed by atoms with Crippen molar-refractivity contribution in [2.45, 2.75) is 18.9 Å². The van der Waals surface area contributed by atoms with Crippen molar-refractivity contribution in [2.75, 3.05) is 18.6 Å². The second-order valence-corrected chi connectivity index (χ2v) is 6.20. The summed E-state index contributed by atoms with van der Waals surface area (Å²) in [5.74, 6) is 0.519. The van der Waals surface area contributed by atoms with Crippen LogP contribution in [0.5, 0.6) is 0 Å². The number of rotatable bonds is 6. The molecular formula is C13H18BrNO2S. The van der Waals surface area contributed by atoms with Gasteiger partial charge in [0.25, 0.3) is 0 Å². The number of carbonyl (C=O) groups is 1. The third-order valence-corrected chi connectivity index (χ3v) is 4.11. The van der Waals surface area contributed by atoms with Gasteiger partial charge in [0.2, 0.25) is 5.91 Å². The third-order valence-electron chi connectivity index (χ3n) is 2.43. The van der Waals surface area contributed by atoms with Crippen LogP contribution in [0.3, 0.4) is 0 Å². The molecule has 0 aliphatic rings. The van der Waals surface area contributed by atoms with E-state index in [1.54, 1.807) is 18.7 Å². The van der Waals surface area contributed by atoms with Gasteiger partial charge in [0.15, 0.2) is 0 Å². The molecule has 0 fully saturated rings. The Bertz CT molecular complexity index is 410. The van der Waals surface area contributed by atoms with E-state index in [0.29, 0.717) is 12.2 Å². The van der Waals surface area contributed by atoms with Crippen molar-refractivity contribution in [3.05, 3.63) is 34.3 Å². The minimum absolute atomic E-state index is 0.0803. The molecule has 2 N–H and O–H groups in total. The first-order valence-electron chi connectivity index (χ1n) is 5.66. The highest BCUT2D eigenvalue weighted by Gasteiger charge is 2.20. The Kier molecular flexibility index (Phi) is 6.18. The first-order valence-corrected chi connectivity index (χ1v) is 7.85. The number of nitrogens with one attached hydrogen (secondary N) is 1. The minimum atomic E-state index is -0.858. The van der Waals surface area contributed by atoms with Gasteiger partial charge in [0, 0.05) is 16.8 Å². The van der Waals surface area contributed by atoms with Crippen LogP contribution in [-0.4, -0.2) is 35.2 Å². The molecule has 0 saturated heterocycles. The molecule has 1 aromatic carbocycles. The molecule has 1 amide bonds. The monoisotopic (exact) mass is 331 g/mol. The highest BCUT2D eigenvalue weighted by atomic mass is 79.9. The molecule has 0 aliphatic carbocycles. The van der Waals surface area contributed by atoms with Gasteiger partial charge in [0.05, 0.1) is 12.0 Å². The van der Waals surface area contributed by atoms with E-state index in [-0.39, 0.29) is 12.5 Å². The van der Waals surface area contributed by atoms with E-state index in [0.717, 1.165) is 10.0 Å². The van der Waals surface area contributed by atoms with E-state index in [9.17, 15) is 9.90 Å². The summed E-state index contributed by atoms with van der Waals surface area (Å²) in [7, 11) is 0. The van der Waals surface area contributed by atoms with Crippen molar-refractivity contribution < 1.29 is 9.90 Å². The minimum Gasteiger partial charge on any atom is -0.387 e. The van der Waals surface area contributed by atoms with Crippen LogP contribution in [0.2, 0.25) is 0 Å². The number of hydrogen-bond donors (Lipinski definition) is 2. The van der Waals surface area contributed by atoms with E-state index in [1.165, 1.54) is 0 Å². The first kappa shape index (κ1) is 15.5. The number of benzene rings is 1. The predicted molar refractivity (Wildman–Crippen MR) is 79.9 cm³/mol. The van der Waals surface area contributed by atoms with E-state index < -0.39 is 5.60 Å². The molecule has 18 heavy (non-hydrogen) atoms. The zero-order valence-electron chi connectivity index (χ0n) is 10.6. The van der Waals surface area contributed by atoms with Crippen LogP contribution >= 0.6 is 27.7 Å². The fourth-order valence-corrected chi connectivity index (χ4v) is 2.68. The maximum absolute atomic E-state index is 11.8. The Hall–Kier alpha value is -0.520. The average molecular weight is 332 g/mol. The fourth-order valence-electron chi connectivity index (χ4n) is 1.53. The number of amides is 1. The largest absolute Gasteiger partial charge is 0.387 e. The van der Waals surface area contributed by atoms with Gasteiger partial charge in [-0.2, -0.15) is 11.8 Å². The number of thioether (sulfide) groups is 1. The lowest BCUT2D eigenvalue weighted by molar-refractivity contribution is -0.121. The number of aliphatic hydroxyl groups is 1. The van der Waals surface area contributed by atoms with Gasteiger partial charge in [-0.15, -0.1) is 0 Å². The summed E-state index contributed by atoms with van der Waals surface area (Å²) >= 11 is 4.97. The molecule has 1 atom stereocenters. The summed E-state index contributed by atoms with van der Waals surface area (Å²) in [6, 6.07) is 7.63. The average Bonchev–Trinajstić information content (AvgIpc) is 2.30. The Morgan fingerprint density at radius 3 is 2.78 bits per heavy atom. The summed E-state index contributed by atoms with van der Waals surface area (Å²) < 4.78 is 0.927. The Labute approximate surface area is 120 Å².